The van der Waals surface area contributed by atoms with Crippen LogP contribution in [0.25, 0.3) is 0 Å². The van der Waals surface area contributed by atoms with Crippen LogP contribution in [0.3, 0.4) is 0 Å². The molecule has 9 heteroatoms. The number of nitrogens with one attached hydrogen (secondary N) is 1. The van der Waals surface area contributed by atoms with E-state index in [9.17, 15) is 22.4 Å². The van der Waals surface area contributed by atoms with E-state index in [1.807, 2.05) is 0 Å². The topological polar surface area (TPSA) is 116 Å². The van der Waals surface area contributed by atoms with Gasteiger partial charge in [0.2, 0.25) is 10.0 Å². The van der Waals surface area contributed by atoms with E-state index in [-0.39, 0.29) is 6.04 Å². The lowest BCUT2D eigenvalue weighted by molar-refractivity contribution is -0.129. The van der Waals surface area contributed by atoms with Crippen molar-refractivity contribution in [1.82, 2.24) is 5.32 Å². The molecule has 144 valence electrons. The highest BCUT2D eigenvalue weighted by Gasteiger charge is 2.24. The van der Waals surface area contributed by atoms with Crippen LogP contribution in [0.15, 0.2) is 23.1 Å². The molecule has 0 bridgehead atoms. The van der Waals surface area contributed by atoms with E-state index in [0.717, 1.165) is 56.7 Å². The van der Waals surface area contributed by atoms with Crippen LogP contribution in [-0.4, -0.2) is 32.4 Å². The van der Waals surface area contributed by atoms with E-state index >= 15 is 0 Å². The van der Waals surface area contributed by atoms with E-state index in [2.05, 4.69) is 5.32 Å². The van der Waals surface area contributed by atoms with Crippen LogP contribution >= 0.6 is 0 Å². The molecule has 1 saturated carbocycles. The number of hydrogen-bond donors (Lipinski definition) is 2. The maximum atomic E-state index is 13.8. The number of carbonyl (C=O) groups excluding carboxylic acids is 2. The van der Waals surface area contributed by atoms with Crippen molar-refractivity contribution in [2.24, 2.45) is 5.14 Å². The lowest BCUT2D eigenvalue weighted by Crippen LogP contribution is -2.42. The van der Waals surface area contributed by atoms with Crippen LogP contribution in [0, 0.1) is 5.82 Å². The Labute approximate surface area is 152 Å². The lowest BCUT2D eigenvalue weighted by Gasteiger charge is -2.19. The van der Waals surface area contributed by atoms with Crippen LogP contribution in [0.5, 0.6) is 0 Å². The molecule has 0 unspecified atom stereocenters. The second-order valence-electron chi connectivity index (χ2n) is 6.43. The van der Waals surface area contributed by atoms with Gasteiger partial charge in [0.05, 0.1) is 10.5 Å². The summed E-state index contributed by atoms with van der Waals surface area (Å²) in [5, 5.41) is 7.82. The predicted octanol–water partition coefficient (Wildman–Crippen LogP) is 1.86. The molecule has 1 aromatic carbocycles. The van der Waals surface area contributed by atoms with E-state index < -0.39 is 44.3 Å². The standard InChI is InChI=1S/C17H23FN2O5S/c1-11(16(21)20-12-6-4-2-3-5-7-12)25-17(22)14-10-13(26(19,23)24)8-9-15(14)18/h8-12H,2-7H2,1H3,(H,20,21)(H2,19,23,24)/t11-/m0/s1. The summed E-state index contributed by atoms with van der Waals surface area (Å²) in [5.74, 6) is -2.55. The van der Waals surface area contributed by atoms with E-state index in [0.29, 0.717) is 0 Å². The largest absolute Gasteiger partial charge is 0.449 e. The number of hydrogen-bond acceptors (Lipinski definition) is 5. The van der Waals surface area contributed by atoms with Crippen LogP contribution in [0.2, 0.25) is 0 Å². The van der Waals surface area contributed by atoms with Crippen LogP contribution in [0.1, 0.15) is 55.8 Å². The van der Waals surface area contributed by atoms with Crippen molar-refractivity contribution in [3.63, 3.8) is 0 Å². The van der Waals surface area contributed by atoms with Crippen molar-refractivity contribution < 1.29 is 27.1 Å². The van der Waals surface area contributed by atoms with Crippen LogP contribution in [-0.2, 0) is 19.6 Å². The fourth-order valence-corrected chi connectivity index (χ4v) is 3.40. The molecule has 7 nitrogen and oxygen atoms in total. The predicted molar refractivity (Wildman–Crippen MR) is 92.3 cm³/mol. The molecule has 26 heavy (non-hydrogen) atoms. The molecule has 0 heterocycles. The van der Waals surface area contributed by atoms with Crippen molar-refractivity contribution in [3.8, 4) is 0 Å². The average Bonchev–Trinajstić information content (AvgIpc) is 2.82. The van der Waals surface area contributed by atoms with Gasteiger partial charge in [-0.25, -0.2) is 22.7 Å². The van der Waals surface area contributed by atoms with Crippen LogP contribution < -0.4 is 10.5 Å². The normalized spacial score (nSPS) is 17.2. The summed E-state index contributed by atoms with van der Waals surface area (Å²) >= 11 is 0. The fourth-order valence-electron chi connectivity index (χ4n) is 2.86. The molecule has 2 rings (SSSR count). The summed E-state index contributed by atoms with van der Waals surface area (Å²) in [6, 6.07) is 2.59. The Balaban J connectivity index is 2.03. The molecular weight excluding hydrogens is 363 g/mol. The molecule has 1 atom stereocenters. The maximum absolute atomic E-state index is 13.8. The van der Waals surface area contributed by atoms with Crippen molar-refractivity contribution in [2.45, 2.75) is 62.5 Å². The summed E-state index contributed by atoms with van der Waals surface area (Å²) in [6.45, 7) is 1.38. The van der Waals surface area contributed by atoms with Gasteiger partial charge in [-0.1, -0.05) is 25.7 Å². The Hall–Kier alpha value is -2.00. The molecule has 0 spiro atoms. The first-order valence-corrected chi connectivity index (χ1v) is 10.1. The van der Waals surface area contributed by atoms with Crippen molar-refractivity contribution in [1.29, 1.82) is 0 Å². The first-order chi connectivity index (χ1) is 12.2. The summed E-state index contributed by atoms with van der Waals surface area (Å²) in [4.78, 5) is 23.9. The molecule has 1 amide bonds. The molecule has 0 radical (unpaired) electrons. The van der Waals surface area contributed by atoms with Gasteiger partial charge in [-0.2, -0.15) is 0 Å². The second-order valence-corrected chi connectivity index (χ2v) is 7.99. The number of primary sulfonamides is 1. The van der Waals surface area contributed by atoms with Gasteiger partial charge in [0, 0.05) is 6.04 Å². The minimum absolute atomic E-state index is 0.0357. The number of esters is 1. The first kappa shape index (κ1) is 20.3. The Morgan fingerprint density at radius 3 is 2.42 bits per heavy atom. The van der Waals surface area contributed by atoms with Gasteiger partial charge in [0.15, 0.2) is 6.10 Å². The minimum Gasteiger partial charge on any atom is -0.449 e. The summed E-state index contributed by atoms with van der Waals surface area (Å²) < 4.78 is 41.5. The van der Waals surface area contributed by atoms with E-state index in [1.54, 1.807) is 0 Å². The third-order valence-electron chi connectivity index (χ3n) is 4.34. The Morgan fingerprint density at radius 2 is 1.85 bits per heavy atom. The molecular formula is C17H23FN2O5S. The molecule has 0 saturated heterocycles. The molecule has 1 aromatic rings. The summed E-state index contributed by atoms with van der Waals surface area (Å²) in [6.07, 6.45) is 4.94. The number of halogens is 1. The zero-order valence-electron chi connectivity index (χ0n) is 14.5. The third-order valence-corrected chi connectivity index (χ3v) is 5.25. The van der Waals surface area contributed by atoms with E-state index in [1.165, 1.54) is 6.92 Å². The number of amides is 1. The highest BCUT2D eigenvalue weighted by atomic mass is 32.2. The summed E-state index contributed by atoms with van der Waals surface area (Å²) in [7, 11) is -4.10. The number of benzene rings is 1. The number of carbonyl (C=O) groups is 2. The van der Waals surface area contributed by atoms with Gasteiger partial charge in [0.25, 0.3) is 5.91 Å². The number of ether oxygens (including phenoxy) is 1. The van der Waals surface area contributed by atoms with Gasteiger partial charge in [0.1, 0.15) is 5.82 Å². The van der Waals surface area contributed by atoms with Crippen molar-refractivity contribution in [2.75, 3.05) is 0 Å². The summed E-state index contributed by atoms with van der Waals surface area (Å²) in [5.41, 5.74) is -0.592. The Bertz CT molecular complexity index is 773. The highest BCUT2D eigenvalue weighted by molar-refractivity contribution is 7.89. The number of rotatable bonds is 5. The van der Waals surface area contributed by atoms with Gasteiger partial charge in [-0.15, -0.1) is 0 Å². The van der Waals surface area contributed by atoms with Gasteiger partial charge < -0.3 is 10.1 Å². The third kappa shape index (κ3) is 5.50. The first-order valence-electron chi connectivity index (χ1n) is 8.52. The quantitative estimate of drug-likeness (QED) is 0.592. The molecule has 1 fully saturated rings. The van der Waals surface area contributed by atoms with Crippen LogP contribution in [0.4, 0.5) is 4.39 Å². The molecule has 1 aliphatic rings. The van der Waals surface area contributed by atoms with Gasteiger partial charge in [-0.05, 0) is 38.0 Å². The SMILES string of the molecule is C[C@H](OC(=O)c1cc(S(N)(=O)=O)ccc1F)C(=O)NC1CCCCCC1. The molecule has 1 aliphatic carbocycles. The molecule has 0 aromatic heterocycles. The second kappa shape index (κ2) is 8.59. The Kier molecular flexibility index (Phi) is 6.71. The highest BCUT2D eigenvalue weighted by Crippen LogP contribution is 2.18. The lowest BCUT2D eigenvalue weighted by atomic mass is 10.1. The van der Waals surface area contributed by atoms with Crippen molar-refractivity contribution in [3.05, 3.63) is 29.6 Å². The number of sulfonamides is 1. The smallest absolute Gasteiger partial charge is 0.341 e. The Morgan fingerprint density at radius 1 is 1.23 bits per heavy atom. The van der Waals surface area contributed by atoms with Crippen molar-refractivity contribution >= 4 is 21.9 Å². The van der Waals surface area contributed by atoms with Gasteiger partial charge in [-0.3, -0.25) is 4.79 Å². The minimum atomic E-state index is -4.10. The monoisotopic (exact) mass is 386 g/mol. The maximum Gasteiger partial charge on any atom is 0.341 e. The average molecular weight is 386 g/mol. The van der Waals surface area contributed by atoms with Gasteiger partial charge >= 0.3 is 5.97 Å². The fraction of sp³-hybridized carbons (Fsp3) is 0.529. The number of nitrogens with two attached hydrogens (primary N) is 1. The molecule has 3 N–H and O–H groups in total. The van der Waals surface area contributed by atoms with E-state index in [4.69, 9.17) is 9.88 Å². The zero-order chi connectivity index (χ0) is 19.3. The zero-order valence-corrected chi connectivity index (χ0v) is 15.4. The molecule has 0 aliphatic heterocycles.